The van der Waals surface area contributed by atoms with Gasteiger partial charge in [0.1, 0.15) is 12.1 Å². The van der Waals surface area contributed by atoms with E-state index in [1.165, 1.54) is 0 Å². The summed E-state index contributed by atoms with van der Waals surface area (Å²) in [7, 11) is 0. The summed E-state index contributed by atoms with van der Waals surface area (Å²) in [5.74, 6) is -2.55. The summed E-state index contributed by atoms with van der Waals surface area (Å²) in [6.07, 6.45) is 3.45. The van der Waals surface area contributed by atoms with E-state index >= 15 is 0 Å². The Kier molecular flexibility index (Phi) is 11.2. The number of hydrogen-bond acceptors (Lipinski definition) is 5. The van der Waals surface area contributed by atoms with E-state index in [2.05, 4.69) is 36.7 Å². The minimum Gasteiger partial charge on any atom is -0.363 e. The van der Waals surface area contributed by atoms with E-state index in [1.54, 1.807) is 4.90 Å². The van der Waals surface area contributed by atoms with Crippen LogP contribution in [0.15, 0.2) is 30.3 Å². The van der Waals surface area contributed by atoms with Crippen molar-refractivity contribution in [1.82, 2.24) is 20.9 Å². The summed E-state index contributed by atoms with van der Waals surface area (Å²) >= 11 is 0. The highest BCUT2D eigenvalue weighted by molar-refractivity contribution is 6.37. The Morgan fingerprint density at radius 2 is 1.50 bits per heavy atom. The van der Waals surface area contributed by atoms with Crippen LogP contribution in [0.2, 0.25) is 0 Å². The summed E-state index contributed by atoms with van der Waals surface area (Å²) in [5.41, 5.74) is 5.47. The van der Waals surface area contributed by atoms with Crippen molar-refractivity contribution in [2.45, 2.75) is 112 Å². The Hall–Kier alpha value is -3.43. The minimum atomic E-state index is -1.08. The number of ketones is 1. The first-order chi connectivity index (χ1) is 20.4. The van der Waals surface area contributed by atoms with Gasteiger partial charge in [-0.3, -0.25) is 19.2 Å². The van der Waals surface area contributed by atoms with E-state index in [-0.39, 0.29) is 35.1 Å². The number of amides is 5. The second-order valence-electron chi connectivity index (χ2n) is 15.2. The van der Waals surface area contributed by atoms with Crippen molar-refractivity contribution >= 4 is 29.5 Å². The SMILES string of the molecule is CC(C)C1CCN(C(=O)[C@@H](NC(=O)N[C@H](Cc2ccccc2)C(C)(C)C)C(C)(C)C)[C@@H]1C(=O)NC(CC1CC1)C(=O)C(N)=O. The standard InChI is InChI=1S/C34H53N5O5/c1-20(2)23-16-17-39(26(23)30(42)36-24(18-22-14-15-22)27(40)29(35)41)31(43)28(34(6,7)8)38-32(44)37-25(33(3,4)5)19-21-12-10-9-11-13-21/h9-13,20,22-26,28H,14-19H2,1-8H3,(H2,35,41)(H,36,42)(H2,37,38,44)/t23?,24?,25-,26+,28-/m1/s1. The predicted molar refractivity (Wildman–Crippen MR) is 170 cm³/mol. The predicted octanol–water partition coefficient (Wildman–Crippen LogP) is 3.57. The maximum atomic E-state index is 14.3. The highest BCUT2D eigenvalue weighted by Crippen LogP contribution is 2.35. The fourth-order valence-corrected chi connectivity index (χ4v) is 6.01. The second kappa shape index (κ2) is 14.1. The van der Waals surface area contributed by atoms with Crippen LogP contribution < -0.4 is 21.7 Å². The van der Waals surface area contributed by atoms with E-state index < -0.39 is 47.2 Å². The third kappa shape index (κ3) is 9.29. The molecule has 1 aliphatic carbocycles. The second-order valence-corrected chi connectivity index (χ2v) is 15.2. The summed E-state index contributed by atoms with van der Waals surface area (Å²) in [5, 5.41) is 8.83. The average molecular weight is 612 g/mol. The first kappa shape index (κ1) is 35.1. The molecule has 1 aliphatic heterocycles. The Bertz CT molecular complexity index is 1200. The number of urea groups is 1. The Balaban J connectivity index is 1.82. The van der Waals surface area contributed by atoms with Gasteiger partial charge in [0.05, 0.1) is 6.04 Å². The van der Waals surface area contributed by atoms with Gasteiger partial charge in [-0.1, -0.05) is 98.6 Å². The number of primary amides is 1. The highest BCUT2D eigenvalue weighted by atomic mass is 16.2. The van der Waals surface area contributed by atoms with Crippen molar-refractivity contribution in [2.75, 3.05) is 6.54 Å². The summed E-state index contributed by atoms with van der Waals surface area (Å²) in [6, 6.07) is 6.49. The number of likely N-dealkylation sites (tertiary alicyclic amines) is 1. The van der Waals surface area contributed by atoms with Crippen molar-refractivity contribution in [3.8, 4) is 0 Å². The molecule has 2 fully saturated rings. The topological polar surface area (TPSA) is 151 Å². The number of Topliss-reactive ketones (excluding diaryl/α,β-unsaturated/α-hetero) is 1. The number of nitrogens with zero attached hydrogens (tertiary/aromatic N) is 1. The van der Waals surface area contributed by atoms with Crippen LogP contribution in [0.4, 0.5) is 4.79 Å². The molecular formula is C34H53N5O5. The van der Waals surface area contributed by atoms with Gasteiger partial charge in [-0.25, -0.2) is 4.79 Å². The first-order valence-corrected chi connectivity index (χ1v) is 16.0. The molecule has 1 saturated carbocycles. The molecular weight excluding hydrogens is 558 g/mol. The minimum absolute atomic E-state index is 0.0761. The Labute approximate surface area is 262 Å². The number of nitrogens with one attached hydrogen (secondary N) is 3. The Morgan fingerprint density at radius 3 is 2.00 bits per heavy atom. The molecule has 5 N–H and O–H groups in total. The fourth-order valence-electron chi connectivity index (χ4n) is 6.01. The van der Waals surface area contributed by atoms with Crippen LogP contribution in [0.3, 0.4) is 0 Å². The van der Waals surface area contributed by atoms with Gasteiger partial charge in [-0.2, -0.15) is 0 Å². The molecule has 1 saturated heterocycles. The van der Waals surface area contributed by atoms with Gasteiger partial charge < -0.3 is 26.6 Å². The van der Waals surface area contributed by atoms with Crippen LogP contribution in [-0.4, -0.2) is 65.1 Å². The third-order valence-electron chi connectivity index (χ3n) is 9.02. The van der Waals surface area contributed by atoms with E-state index in [0.29, 0.717) is 25.8 Å². The lowest BCUT2D eigenvalue weighted by molar-refractivity contribution is -0.144. The van der Waals surface area contributed by atoms with Crippen molar-refractivity contribution in [2.24, 2.45) is 34.3 Å². The largest absolute Gasteiger partial charge is 0.363 e. The van der Waals surface area contributed by atoms with E-state index in [9.17, 15) is 24.0 Å². The van der Waals surface area contributed by atoms with E-state index in [4.69, 9.17) is 5.73 Å². The molecule has 0 radical (unpaired) electrons. The normalized spacial score (nSPS) is 20.9. The number of nitrogens with two attached hydrogens (primary N) is 1. The average Bonchev–Trinajstić information content (AvgIpc) is 3.62. The van der Waals surface area contributed by atoms with Crippen LogP contribution in [0.1, 0.15) is 86.6 Å². The fraction of sp³-hybridized carbons (Fsp3) is 0.676. The van der Waals surface area contributed by atoms with Crippen molar-refractivity contribution in [3.63, 3.8) is 0 Å². The quantitative estimate of drug-likeness (QED) is 0.267. The number of benzene rings is 1. The van der Waals surface area contributed by atoms with Gasteiger partial charge in [0.15, 0.2) is 0 Å². The molecule has 1 heterocycles. The maximum absolute atomic E-state index is 14.3. The molecule has 244 valence electrons. The smallest absolute Gasteiger partial charge is 0.315 e. The van der Waals surface area contributed by atoms with Crippen LogP contribution in [0, 0.1) is 28.6 Å². The molecule has 2 unspecified atom stereocenters. The number of hydrogen-bond donors (Lipinski definition) is 4. The van der Waals surface area contributed by atoms with E-state index in [1.807, 2.05) is 65.0 Å². The molecule has 2 aliphatic rings. The maximum Gasteiger partial charge on any atom is 0.315 e. The molecule has 44 heavy (non-hydrogen) atoms. The molecule has 10 nitrogen and oxygen atoms in total. The van der Waals surface area contributed by atoms with Gasteiger partial charge >= 0.3 is 6.03 Å². The van der Waals surface area contributed by atoms with Crippen molar-refractivity contribution in [1.29, 1.82) is 0 Å². The molecule has 5 atom stereocenters. The molecule has 0 bridgehead atoms. The molecule has 1 aromatic carbocycles. The zero-order valence-corrected chi connectivity index (χ0v) is 27.7. The first-order valence-electron chi connectivity index (χ1n) is 16.0. The number of rotatable bonds is 12. The third-order valence-corrected chi connectivity index (χ3v) is 9.02. The Morgan fingerprint density at radius 1 is 0.886 bits per heavy atom. The zero-order chi connectivity index (χ0) is 33.0. The summed E-state index contributed by atoms with van der Waals surface area (Å²) in [4.78, 5) is 67.5. The number of carbonyl (C=O) groups excluding carboxylic acids is 5. The van der Waals surface area contributed by atoms with Crippen LogP contribution in [-0.2, 0) is 25.6 Å². The van der Waals surface area contributed by atoms with E-state index in [0.717, 1.165) is 18.4 Å². The monoisotopic (exact) mass is 611 g/mol. The van der Waals surface area contributed by atoms with Gasteiger partial charge in [0, 0.05) is 12.6 Å². The van der Waals surface area contributed by atoms with Crippen LogP contribution in [0.25, 0.3) is 0 Å². The molecule has 0 aromatic heterocycles. The lowest BCUT2D eigenvalue weighted by Gasteiger charge is -2.38. The molecule has 1 aromatic rings. The lowest BCUT2D eigenvalue weighted by Crippen LogP contribution is -2.62. The lowest BCUT2D eigenvalue weighted by atomic mass is 9.83. The zero-order valence-electron chi connectivity index (χ0n) is 27.7. The molecule has 3 rings (SSSR count). The van der Waals surface area contributed by atoms with Gasteiger partial charge in [0.25, 0.3) is 5.91 Å². The van der Waals surface area contributed by atoms with Gasteiger partial charge in [-0.15, -0.1) is 0 Å². The van der Waals surface area contributed by atoms with Gasteiger partial charge in [-0.05, 0) is 53.4 Å². The summed E-state index contributed by atoms with van der Waals surface area (Å²) in [6.45, 7) is 16.2. The van der Waals surface area contributed by atoms with Crippen molar-refractivity contribution in [3.05, 3.63) is 35.9 Å². The number of carbonyl (C=O) groups is 5. The molecule has 0 spiro atoms. The van der Waals surface area contributed by atoms with Crippen LogP contribution >= 0.6 is 0 Å². The molecule has 10 heteroatoms. The van der Waals surface area contributed by atoms with Crippen molar-refractivity contribution < 1.29 is 24.0 Å². The highest BCUT2D eigenvalue weighted by Gasteiger charge is 2.48. The van der Waals surface area contributed by atoms with Gasteiger partial charge in [0.2, 0.25) is 17.6 Å². The summed E-state index contributed by atoms with van der Waals surface area (Å²) < 4.78 is 0. The molecule has 5 amide bonds. The van der Waals surface area contributed by atoms with Crippen LogP contribution in [0.5, 0.6) is 0 Å².